The smallest absolute Gasteiger partial charge is 0.414 e. The minimum absolute atomic E-state index is 0.104. The number of likely N-dealkylation sites (N-methyl/N-ethyl adjacent to an activating group) is 1. The van der Waals surface area contributed by atoms with Gasteiger partial charge in [0.15, 0.2) is 0 Å². The lowest BCUT2D eigenvalue weighted by Gasteiger charge is -2.18. The average molecular weight is 369 g/mol. The third-order valence-corrected chi connectivity index (χ3v) is 4.35. The van der Waals surface area contributed by atoms with E-state index in [0.29, 0.717) is 13.2 Å². The summed E-state index contributed by atoms with van der Waals surface area (Å²) in [5.41, 5.74) is 1.22. The number of rotatable bonds is 7. The molecule has 0 aliphatic carbocycles. The Bertz CT molecular complexity index is 675. The molecular weight excluding hydrogens is 346 g/mol. The van der Waals surface area contributed by atoms with Gasteiger partial charge in [0.25, 0.3) is 0 Å². The SMILES string of the molecule is CC(OCCN(C)CCO)c1ccc2sccc2c1.O=C(O)C(=O)O. The van der Waals surface area contributed by atoms with Crippen molar-refractivity contribution >= 4 is 33.4 Å². The molecule has 0 spiro atoms. The molecule has 0 fully saturated rings. The van der Waals surface area contributed by atoms with Crippen LogP contribution >= 0.6 is 11.3 Å². The van der Waals surface area contributed by atoms with Gasteiger partial charge < -0.3 is 25.0 Å². The van der Waals surface area contributed by atoms with Crippen LogP contribution in [0.3, 0.4) is 0 Å². The second-order valence-corrected chi connectivity index (χ2v) is 6.32. The highest BCUT2D eigenvalue weighted by Gasteiger charge is 2.07. The molecule has 0 aliphatic heterocycles. The fraction of sp³-hybridized carbons (Fsp3) is 0.412. The third kappa shape index (κ3) is 7.61. The zero-order valence-corrected chi connectivity index (χ0v) is 15.0. The third-order valence-electron chi connectivity index (χ3n) is 3.45. The second-order valence-electron chi connectivity index (χ2n) is 5.37. The molecule has 0 radical (unpaired) electrons. The van der Waals surface area contributed by atoms with Gasteiger partial charge in [-0.05, 0) is 48.5 Å². The second kappa shape index (κ2) is 10.8. The molecule has 0 aliphatic rings. The Morgan fingerprint density at radius 3 is 2.48 bits per heavy atom. The fourth-order valence-electron chi connectivity index (χ4n) is 2.00. The monoisotopic (exact) mass is 369 g/mol. The van der Waals surface area contributed by atoms with Gasteiger partial charge in [0.1, 0.15) is 0 Å². The molecule has 0 saturated heterocycles. The molecule has 2 aromatic rings. The molecule has 8 heteroatoms. The van der Waals surface area contributed by atoms with Gasteiger partial charge in [0.05, 0.1) is 19.3 Å². The maximum Gasteiger partial charge on any atom is 0.414 e. The molecule has 3 N–H and O–H groups in total. The van der Waals surface area contributed by atoms with Gasteiger partial charge in [-0.3, -0.25) is 0 Å². The van der Waals surface area contributed by atoms with Crippen LogP contribution in [0, 0.1) is 0 Å². The molecule has 25 heavy (non-hydrogen) atoms. The van der Waals surface area contributed by atoms with E-state index in [-0.39, 0.29) is 12.7 Å². The first-order chi connectivity index (χ1) is 11.8. The van der Waals surface area contributed by atoms with Crippen LogP contribution in [0.25, 0.3) is 10.1 Å². The predicted molar refractivity (Wildman–Crippen MR) is 96.0 cm³/mol. The molecule has 1 heterocycles. The number of benzene rings is 1. The Hall–Kier alpha value is -2.00. The zero-order chi connectivity index (χ0) is 18.8. The van der Waals surface area contributed by atoms with Gasteiger partial charge in [0.2, 0.25) is 0 Å². The van der Waals surface area contributed by atoms with Crippen LogP contribution in [0.1, 0.15) is 18.6 Å². The summed E-state index contributed by atoms with van der Waals surface area (Å²) in [6.45, 7) is 4.49. The molecule has 138 valence electrons. The van der Waals surface area contributed by atoms with Crippen LogP contribution in [0.15, 0.2) is 29.6 Å². The number of aliphatic hydroxyl groups excluding tert-OH is 1. The summed E-state index contributed by atoms with van der Waals surface area (Å²) in [5.74, 6) is -3.65. The zero-order valence-electron chi connectivity index (χ0n) is 14.2. The van der Waals surface area contributed by atoms with Crippen molar-refractivity contribution in [3.63, 3.8) is 0 Å². The largest absolute Gasteiger partial charge is 0.473 e. The van der Waals surface area contributed by atoms with Crippen molar-refractivity contribution in [1.29, 1.82) is 0 Å². The van der Waals surface area contributed by atoms with E-state index in [1.807, 2.05) is 7.05 Å². The number of ether oxygens (including phenoxy) is 1. The topological polar surface area (TPSA) is 107 Å². The average Bonchev–Trinajstić information content (AvgIpc) is 3.03. The maximum absolute atomic E-state index is 9.10. The van der Waals surface area contributed by atoms with E-state index >= 15 is 0 Å². The fourth-order valence-corrected chi connectivity index (χ4v) is 2.77. The van der Waals surface area contributed by atoms with Gasteiger partial charge in [-0.1, -0.05) is 6.07 Å². The highest BCUT2D eigenvalue weighted by atomic mass is 32.1. The van der Waals surface area contributed by atoms with Gasteiger partial charge in [-0.25, -0.2) is 9.59 Å². The van der Waals surface area contributed by atoms with Gasteiger partial charge in [0, 0.05) is 17.8 Å². The van der Waals surface area contributed by atoms with Crippen molar-refractivity contribution in [2.45, 2.75) is 13.0 Å². The summed E-state index contributed by atoms with van der Waals surface area (Å²) in [4.78, 5) is 20.3. The number of carbonyl (C=O) groups is 2. The van der Waals surface area contributed by atoms with E-state index < -0.39 is 11.9 Å². The van der Waals surface area contributed by atoms with Crippen molar-refractivity contribution in [2.24, 2.45) is 0 Å². The summed E-state index contributed by atoms with van der Waals surface area (Å²) in [7, 11) is 1.99. The summed E-state index contributed by atoms with van der Waals surface area (Å²) >= 11 is 1.76. The van der Waals surface area contributed by atoms with Crippen molar-refractivity contribution < 1.29 is 29.6 Å². The quantitative estimate of drug-likeness (QED) is 0.641. The van der Waals surface area contributed by atoms with E-state index in [0.717, 1.165) is 6.54 Å². The predicted octanol–water partition coefficient (Wildman–Crippen LogP) is 2.06. The van der Waals surface area contributed by atoms with E-state index in [9.17, 15) is 0 Å². The number of fused-ring (bicyclic) bond motifs is 1. The van der Waals surface area contributed by atoms with Crippen molar-refractivity contribution in [2.75, 3.05) is 33.4 Å². The maximum atomic E-state index is 9.10. The first-order valence-electron chi connectivity index (χ1n) is 7.69. The molecular formula is C17H23NO6S. The van der Waals surface area contributed by atoms with Crippen LogP contribution in [0.5, 0.6) is 0 Å². The van der Waals surface area contributed by atoms with Gasteiger partial charge in [-0.2, -0.15) is 0 Å². The van der Waals surface area contributed by atoms with Crippen LogP contribution < -0.4 is 0 Å². The van der Waals surface area contributed by atoms with E-state index in [2.05, 4.69) is 41.5 Å². The summed E-state index contributed by atoms with van der Waals surface area (Å²) in [6.07, 6.45) is 0.104. The van der Waals surface area contributed by atoms with Gasteiger partial charge in [-0.15, -0.1) is 11.3 Å². The summed E-state index contributed by atoms with van der Waals surface area (Å²) in [6, 6.07) is 8.65. The summed E-state index contributed by atoms with van der Waals surface area (Å²) < 4.78 is 7.17. The molecule has 1 aromatic heterocycles. The highest BCUT2D eigenvalue weighted by Crippen LogP contribution is 2.25. The Morgan fingerprint density at radius 2 is 1.88 bits per heavy atom. The number of hydrogen-bond donors (Lipinski definition) is 3. The Morgan fingerprint density at radius 1 is 1.20 bits per heavy atom. The number of thiophene rings is 1. The van der Waals surface area contributed by atoms with Crippen LogP contribution in [0.2, 0.25) is 0 Å². The minimum atomic E-state index is -1.82. The number of carboxylic acid groups (broad SMARTS) is 2. The first kappa shape index (κ1) is 21.0. The molecule has 1 aromatic carbocycles. The Balaban J connectivity index is 0.000000450. The molecule has 7 nitrogen and oxygen atoms in total. The van der Waals surface area contributed by atoms with E-state index in [1.165, 1.54) is 15.6 Å². The Kier molecular flexibility index (Phi) is 9.07. The van der Waals surface area contributed by atoms with E-state index in [1.54, 1.807) is 11.3 Å². The Labute approximate surface area is 150 Å². The minimum Gasteiger partial charge on any atom is -0.473 e. The number of hydrogen-bond acceptors (Lipinski definition) is 6. The lowest BCUT2D eigenvalue weighted by atomic mass is 10.1. The standard InChI is InChI=1S/C15H21NO2S.C2H2O4/c1-12(18-9-7-16(2)6-8-17)13-3-4-15-14(11-13)5-10-19-15;3-1(4)2(5)6/h3-5,10-12,17H,6-9H2,1-2H3;(H,3,4)(H,5,6). The van der Waals surface area contributed by atoms with E-state index in [4.69, 9.17) is 29.6 Å². The summed E-state index contributed by atoms with van der Waals surface area (Å²) in [5, 5.41) is 27.0. The molecule has 1 unspecified atom stereocenters. The first-order valence-corrected chi connectivity index (χ1v) is 8.57. The molecule has 0 amide bonds. The highest BCUT2D eigenvalue weighted by molar-refractivity contribution is 7.17. The van der Waals surface area contributed by atoms with Crippen molar-refractivity contribution in [3.05, 3.63) is 35.2 Å². The number of aliphatic carboxylic acids is 2. The lowest BCUT2D eigenvalue weighted by Crippen LogP contribution is -2.26. The van der Waals surface area contributed by atoms with Crippen LogP contribution in [-0.4, -0.2) is 65.5 Å². The van der Waals surface area contributed by atoms with Crippen molar-refractivity contribution in [3.8, 4) is 0 Å². The van der Waals surface area contributed by atoms with Crippen LogP contribution in [0.4, 0.5) is 0 Å². The molecule has 2 rings (SSSR count). The van der Waals surface area contributed by atoms with Crippen molar-refractivity contribution in [1.82, 2.24) is 4.90 Å². The van der Waals surface area contributed by atoms with Crippen LogP contribution in [-0.2, 0) is 14.3 Å². The van der Waals surface area contributed by atoms with Gasteiger partial charge >= 0.3 is 11.9 Å². The molecule has 1 atom stereocenters. The number of carboxylic acids is 2. The molecule has 0 saturated carbocycles. The number of nitrogens with zero attached hydrogens (tertiary/aromatic N) is 1. The normalized spacial score (nSPS) is 11.8. The molecule has 0 bridgehead atoms. The number of aliphatic hydroxyl groups is 1. The lowest BCUT2D eigenvalue weighted by molar-refractivity contribution is -0.159.